The van der Waals surface area contributed by atoms with Gasteiger partial charge in [-0.05, 0) is 56.3 Å². The average molecular weight is 179 g/mol. The summed E-state index contributed by atoms with van der Waals surface area (Å²) in [5.41, 5.74) is -0.394. The molecule has 4 fully saturated rings. The lowest BCUT2D eigenvalue weighted by molar-refractivity contribution is -0.171. The van der Waals surface area contributed by atoms with E-state index in [1.165, 1.54) is 19.3 Å². The Bertz CT molecular complexity index is 222. The second kappa shape index (κ2) is 2.28. The molecule has 71 valence electrons. The molecule has 0 aromatic rings. The van der Waals surface area contributed by atoms with Crippen LogP contribution in [0, 0.1) is 23.2 Å². The lowest BCUT2D eigenvalue weighted by Gasteiger charge is -2.54. The van der Waals surface area contributed by atoms with Crippen LogP contribution in [0.5, 0.6) is 0 Å². The Hall–Kier alpha value is -0.530. The van der Waals surface area contributed by atoms with E-state index in [0.29, 0.717) is 17.8 Å². The molecule has 0 spiro atoms. The zero-order valence-corrected chi connectivity index (χ0v) is 7.79. The maximum Gasteiger partial charge on any atom is 0.361 e. The zero-order valence-electron chi connectivity index (χ0n) is 7.79. The number of hydrogen-bond acceptors (Lipinski definition) is 1. The van der Waals surface area contributed by atoms with Crippen molar-refractivity contribution in [3.05, 3.63) is 0 Å². The van der Waals surface area contributed by atoms with Crippen molar-refractivity contribution in [2.45, 2.75) is 38.5 Å². The molecule has 4 bridgehead atoms. The summed E-state index contributed by atoms with van der Waals surface area (Å²) in [5, 5.41) is 11.1. The smallest absolute Gasteiger partial charge is 0.247 e. The molecule has 0 aromatic carbocycles. The summed E-state index contributed by atoms with van der Waals surface area (Å²) in [6, 6.07) is 0. The molecule has 1 radical (unpaired) electrons. The predicted octanol–water partition coefficient (Wildman–Crippen LogP) is 2.16. The molecule has 4 aliphatic rings. The van der Waals surface area contributed by atoms with Gasteiger partial charge in [0.25, 0.3) is 0 Å². The number of carbonyl (C=O) groups is 1. The topological polar surface area (TPSA) is 37.0 Å². The Morgan fingerprint density at radius 1 is 0.923 bits per heavy atom. The van der Waals surface area contributed by atoms with Gasteiger partial charge < -0.3 is 0 Å². The van der Waals surface area contributed by atoms with E-state index >= 15 is 0 Å². The highest BCUT2D eigenvalue weighted by Crippen LogP contribution is 2.60. The Morgan fingerprint density at radius 3 is 1.62 bits per heavy atom. The molecule has 2 nitrogen and oxygen atoms in total. The second-order valence-electron chi connectivity index (χ2n) is 5.49. The van der Waals surface area contributed by atoms with Crippen LogP contribution < -0.4 is 0 Å². The highest BCUT2D eigenvalue weighted by Gasteiger charge is 2.55. The molecule has 0 N–H and O–H groups in total. The van der Waals surface area contributed by atoms with Crippen molar-refractivity contribution in [2.75, 3.05) is 0 Å². The summed E-state index contributed by atoms with van der Waals surface area (Å²) in [5.74, 6) is 1.38. The van der Waals surface area contributed by atoms with Gasteiger partial charge in [0, 0.05) is 0 Å². The first kappa shape index (κ1) is 7.84. The van der Waals surface area contributed by atoms with E-state index in [1.807, 2.05) is 0 Å². The third kappa shape index (κ3) is 0.976. The maximum atomic E-state index is 11.1. The molecule has 0 aliphatic heterocycles. The van der Waals surface area contributed by atoms with Crippen molar-refractivity contribution in [2.24, 2.45) is 23.2 Å². The molecule has 0 aromatic heterocycles. The van der Waals surface area contributed by atoms with Gasteiger partial charge in [-0.15, -0.1) is 0 Å². The van der Waals surface area contributed by atoms with Gasteiger partial charge in [-0.2, -0.15) is 0 Å². The summed E-state index contributed by atoms with van der Waals surface area (Å²) in [4.78, 5) is 11.1. The highest BCUT2D eigenvalue weighted by molar-refractivity contribution is 5.74. The van der Waals surface area contributed by atoms with Crippen molar-refractivity contribution in [3.8, 4) is 0 Å². The van der Waals surface area contributed by atoms with E-state index < -0.39 is 11.4 Å². The van der Waals surface area contributed by atoms with Gasteiger partial charge >= 0.3 is 5.97 Å². The fraction of sp³-hybridized carbons (Fsp3) is 0.909. The van der Waals surface area contributed by atoms with Crippen LogP contribution in [-0.4, -0.2) is 5.97 Å². The van der Waals surface area contributed by atoms with E-state index in [4.69, 9.17) is 0 Å². The second-order valence-corrected chi connectivity index (χ2v) is 5.49. The monoisotopic (exact) mass is 179 g/mol. The fourth-order valence-corrected chi connectivity index (χ4v) is 4.36. The third-order valence-corrected chi connectivity index (χ3v) is 4.47. The normalized spacial score (nSPS) is 52.5. The van der Waals surface area contributed by atoms with E-state index in [2.05, 4.69) is 0 Å². The van der Waals surface area contributed by atoms with Gasteiger partial charge in [0.1, 0.15) is 0 Å². The number of carbonyl (C=O) groups excluding carboxylic acids is 1. The van der Waals surface area contributed by atoms with Crippen molar-refractivity contribution in [1.29, 1.82) is 0 Å². The van der Waals surface area contributed by atoms with Crippen LogP contribution in [0.1, 0.15) is 38.5 Å². The summed E-state index contributed by atoms with van der Waals surface area (Å²) in [6.45, 7) is 0. The summed E-state index contributed by atoms with van der Waals surface area (Å²) < 4.78 is 0. The Kier molecular flexibility index (Phi) is 1.38. The Morgan fingerprint density at radius 2 is 1.31 bits per heavy atom. The molecule has 0 amide bonds. The molecule has 0 unspecified atom stereocenters. The molecule has 4 aliphatic carbocycles. The molecule has 0 heterocycles. The van der Waals surface area contributed by atoms with Gasteiger partial charge in [-0.25, -0.2) is 9.90 Å². The average Bonchev–Trinajstić information content (AvgIpc) is 2.00. The summed E-state index contributed by atoms with van der Waals surface area (Å²) in [7, 11) is 0. The lowest BCUT2D eigenvalue weighted by Crippen LogP contribution is -2.49. The molecule has 0 saturated heterocycles. The maximum absolute atomic E-state index is 11.1. The third-order valence-electron chi connectivity index (χ3n) is 4.47. The quantitative estimate of drug-likeness (QED) is 0.607. The largest absolute Gasteiger partial charge is 0.361 e. The summed E-state index contributed by atoms with van der Waals surface area (Å²) >= 11 is 0. The van der Waals surface area contributed by atoms with Crippen LogP contribution in [0.2, 0.25) is 0 Å². The van der Waals surface area contributed by atoms with E-state index in [9.17, 15) is 9.90 Å². The van der Waals surface area contributed by atoms with E-state index in [1.54, 1.807) is 0 Å². The first-order chi connectivity index (χ1) is 6.18. The van der Waals surface area contributed by atoms with E-state index in [-0.39, 0.29) is 0 Å². The van der Waals surface area contributed by atoms with Crippen LogP contribution in [0.15, 0.2) is 0 Å². The SMILES string of the molecule is [O]C(=O)C12CC3CC(CC(C3)C1)C2. The van der Waals surface area contributed by atoms with Crippen LogP contribution in [0.3, 0.4) is 0 Å². The van der Waals surface area contributed by atoms with Gasteiger partial charge in [-0.1, -0.05) is 0 Å². The predicted molar refractivity (Wildman–Crippen MR) is 46.3 cm³/mol. The molecule has 4 saturated carbocycles. The van der Waals surface area contributed by atoms with Crippen molar-refractivity contribution < 1.29 is 9.90 Å². The van der Waals surface area contributed by atoms with Gasteiger partial charge in [0.15, 0.2) is 0 Å². The summed E-state index contributed by atoms with van der Waals surface area (Å²) in [6.07, 6.45) is 6.65. The Labute approximate surface area is 78.3 Å². The van der Waals surface area contributed by atoms with Gasteiger partial charge in [0.05, 0.1) is 5.41 Å². The number of hydrogen-bond donors (Lipinski definition) is 0. The fourth-order valence-electron chi connectivity index (χ4n) is 4.36. The van der Waals surface area contributed by atoms with Gasteiger partial charge in [-0.3, -0.25) is 0 Å². The van der Waals surface area contributed by atoms with E-state index in [0.717, 1.165) is 19.3 Å². The number of rotatable bonds is 1. The first-order valence-corrected chi connectivity index (χ1v) is 5.39. The van der Waals surface area contributed by atoms with Crippen LogP contribution in [0.25, 0.3) is 0 Å². The highest BCUT2D eigenvalue weighted by atomic mass is 16.4. The Balaban J connectivity index is 1.95. The molecule has 4 rings (SSSR count). The minimum atomic E-state index is -0.758. The minimum Gasteiger partial charge on any atom is -0.247 e. The van der Waals surface area contributed by atoms with Gasteiger partial charge in [0.2, 0.25) is 0 Å². The van der Waals surface area contributed by atoms with Crippen molar-refractivity contribution in [1.82, 2.24) is 0 Å². The van der Waals surface area contributed by atoms with Crippen molar-refractivity contribution >= 4 is 5.97 Å². The van der Waals surface area contributed by atoms with Crippen LogP contribution in [0.4, 0.5) is 0 Å². The molecule has 0 atom stereocenters. The zero-order chi connectivity index (χ0) is 9.05. The molecule has 2 heteroatoms. The standard InChI is InChI=1S/C11H15O2/c12-10(13)11-4-7-1-8(5-11)3-9(2-7)6-11/h7-9H,1-6H2. The molecular formula is C11H15O2. The first-order valence-electron chi connectivity index (χ1n) is 5.39. The minimum absolute atomic E-state index is 0.394. The lowest BCUT2D eigenvalue weighted by atomic mass is 9.49. The van der Waals surface area contributed by atoms with Crippen molar-refractivity contribution in [3.63, 3.8) is 0 Å². The van der Waals surface area contributed by atoms with Crippen LogP contribution in [-0.2, 0) is 9.90 Å². The molecular weight excluding hydrogens is 164 g/mol. The molecule has 13 heavy (non-hydrogen) atoms. The van der Waals surface area contributed by atoms with Crippen LogP contribution >= 0.6 is 0 Å².